The van der Waals surface area contributed by atoms with Crippen molar-refractivity contribution in [2.45, 2.75) is 19.8 Å². The van der Waals surface area contributed by atoms with Gasteiger partial charge < -0.3 is 10.1 Å². The van der Waals surface area contributed by atoms with Crippen LogP contribution in [-0.4, -0.2) is 21.7 Å². The molecule has 0 amide bonds. The monoisotopic (exact) mass is 234 g/mol. The first-order valence-corrected chi connectivity index (χ1v) is 5.58. The number of aromatic amines is 1. The van der Waals surface area contributed by atoms with Gasteiger partial charge in [-0.1, -0.05) is 12.1 Å². The maximum Gasteiger partial charge on any atom is 0.123 e. The second kappa shape index (κ2) is 5.10. The first-order valence-electron chi connectivity index (χ1n) is 5.58. The fraction of sp³-hybridized carbons (Fsp3) is 0.308. The van der Waals surface area contributed by atoms with Gasteiger partial charge in [0.25, 0.3) is 0 Å². The Balaban J connectivity index is 2.18. The highest BCUT2D eigenvalue weighted by atomic mass is 19.1. The lowest BCUT2D eigenvalue weighted by Gasteiger charge is -1.99. The minimum absolute atomic E-state index is 0.0758. The zero-order valence-electron chi connectivity index (χ0n) is 9.70. The maximum atomic E-state index is 13.0. The molecule has 17 heavy (non-hydrogen) atoms. The van der Waals surface area contributed by atoms with Crippen LogP contribution in [-0.2, 0) is 12.8 Å². The summed E-state index contributed by atoms with van der Waals surface area (Å²) in [6.45, 7) is 2.01. The molecule has 0 aliphatic rings. The normalized spacial score (nSPS) is 10.8. The summed E-state index contributed by atoms with van der Waals surface area (Å²) >= 11 is 0. The van der Waals surface area contributed by atoms with E-state index in [2.05, 4.69) is 9.97 Å². The Morgan fingerprint density at radius 3 is 2.94 bits per heavy atom. The number of rotatable bonds is 4. The maximum absolute atomic E-state index is 13.0. The molecular formula is C13H15FN2O. The Labute approximate surface area is 99.3 Å². The van der Waals surface area contributed by atoms with Crippen molar-refractivity contribution in [3.63, 3.8) is 0 Å². The fourth-order valence-corrected chi connectivity index (χ4v) is 1.80. The van der Waals surface area contributed by atoms with Crippen LogP contribution in [0, 0.1) is 12.7 Å². The van der Waals surface area contributed by atoms with Crippen molar-refractivity contribution in [3.05, 3.63) is 52.9 Å². The number of hydrogen-bond acceptors (Lipinski definition) is 2. The Hall–Kier alpha value is -1.68. The average molecular weight is 234 g/mol. The Kier molecular flexibility index (Phi) is 3.54. The highest BCUT2D eigenvalue weighted by Gasteiger charge is 2.07. The lowest BCUT2D eigenvalue weighted by Crippen LogP contribution is -1.94. The van der Waals surface area contributed by atoms with Crippen LogP contribution in [0.2, 0.25) is 0 Å². The highest BCUT2D eigenvalue weighted by Crippen LogP contribution is 2.13. The largest absolute Gasteiger partial charge is 0.396 e. The van der Waals surface area contributed by atoms with Gasteiger partial charge in [-0.05, 0) is 24.6 Å². The van der Waals surface area contributed by atoms with Crippen molar-refractivity contribution in [1.82, 2.24) is 9.97 Å². The summed E-state index contributed by atoms with van der Waals surface area (Å²) in [6.07, 6.45) is 1.12. The molecule has 4 heteroatoms. The van der Waals surface area contributed by atoms with Gasteiger partial charge in [-0.2, -0.15) is 0 Å². The lowest BCUT2D eigenvalue weighted by atomic mass is 10.1. The molecule has 2 rings (SSSR count). The zero-order valence-corrected chi connectivity index (χ0v) is 9.70. The third-order valence-corrected chi connectivity index (χ3v) is 2.64. The van der Waals surface area contributed by atoms with E-state index in [0.717, 1.165) is 22.8 Å². The molecule has 0 aliphatic carbocycles. The molecule has 1 aromatic carbocycles. The topological polar surface area (TPSA) is 48.9 Å². The van der Waals surface area contributed by atoms with E-state index in [0.29, 0.717) is 12.8 Å². The minimum atomic E-state index is -0.230. The van der Waals surface area contributed by atoms with E-state index in [4.69, 9.17) is 5.11 Å². The molecule has 1 heterocycles. The molecule has 1 aromatic heterocycles. The summed E-state index contributed by atoms with van der Waals surface area (Å²) < 4.78 is 13.0. The number of aromatic nitrogens is 2. The van der Waals surface area contributed by atoms with Crippen molar-refractivity contribution in [3.8, 4) is 0 Å². The van der Waals surface area contributed by atoms with E-state index in [-0.39, 0.29) is 12.4 Å². The van der Waals surface area contributed by atoms with Crippen LogP contribution in [0.15, 0.2) is 24.3 Å². The molecule has 0 bridgehead atoms. The van der Waals surface area contributed by atoms with Crippen LogP contribution in [0.3, 0.4) is 0 Å². The predicted molar refractivity (Wildman–Crippen MR) is 63.3 cm³/mol. The summed E-state index contributed by atoms with van der Waals surface area (Å²) in [7, 11) is 0. The van der Waals surface area contributed by atoms with E-state index in [1.807, 2.05) is 13.0 Å². The molecule has 0 spiro atoms. The minimum Gasteiger partial charge on any atom is -0.396 e. The molecule has 3 nitrogen and oxygen atoms in total. The number of imidazole rings is 1. The van der Waals surface area contributed by atoms with Gasteiger partial charge >= 0.3 is 0 Å². The highest BCUT2D eigenvalue weighted by molar-refractivity contribution is 5.25. The molecule has 0 radical (unpaired) electrons. The van der Waals surface area contributed by atoms with Gasteiger partial charge in [0, 0.05) is 18.5 Å². The van der Waals surface area contributed by atoms with Gasteiger partial charge in [-0.3, -0.25) is 0 Å². The summed E-state index contributed by atoms with van der Waals surface area (Å²) in [4.78, 5) is 7.50. The standard InChI is InChI=1S/C13H15FN2O/c1-9-12(16-13(15-9)5-6-17)8-10-3-2-4-11(14)7-10/h2-4,7,17H,5-6,8H2,1H3,(H,15,16). The number of nitrogens with zero attached hydrogens (tertiary/aromatic N) is 1. The van der Waals surface area contributed by atoms with E-state index in [1.165, 1.54) is 12.1 Å². The first kappa shape index (κ1) is 11.8. The van der Waals surface area contributed by atoms with Gasteiger partial charge in [0.15, 0.2) is 0 Å². The number of benzene rings is 1. The van der Waals surface area contributed by atoms with E-state index >= 15 is 0 Å². The van der Waals surface area contributed by atoms with Crippen LogP contribution < -0.4 is 0 Å². The molecule has 0 fully saturated rings. The van der Waals surface area contributed by atoms with E-state index < -0.39 is 0 Å². The molecule has 0 aliphatic heterocycles. The van der Waals surface area contributed by atoms with Crippen LogP contribution in [0.1, 0.15) is 22.8 Å². The molecule has 0 saturated carbocycles. The van der Waals surface area contributed by atoms with Crippen LogP contribution >= 0.6 is 0 Å². The summed E-state index contributed by atoms with van der Waals surface area (Å²) in [5.41, 5.74) is 2.77. The summed E-state index contributed by atoms with van der Waals surface area (Å²) in [6, 6.07) is 6.52. The second-order valence-electron chi connectivity index (χ2n) is 4.04. The Bertz CT molecular complexity index is 508. The summed E-state index contributed by atoms with van der Waals surface area (Å²) in [5, 5.41) is 8.84. The van der Waals surface area contributed by atoms with Gasteiger partial charge in [-0.15, -0.1) is 0 Å². The lowest BCUT2D eigenvalue weighted by molar-refractivity contribution is 0.297. The van der Waals surface area contributed by atoms with Gasteiger partial charge in [-0.25, -0.2) is 9.37 Å². The van der Waals surface area contributed by atoms with Crippen molar-refractivity contribution in [2.24, 2.45) is 0 Å². The Morgan fingerprint density at radius 1 is 1.41 bits per heavy atom. The number of H-pyrrole nitrogens is 1. The van der Waals surface area contributed by atoms with Crippen molar-refractivity contribution >= 4 is 0 Å². The number of aliphatic hydroxyl groups excluding tert-OH is 1. The van der Waals surface area contributed by atoms with Crippen LogP contribution in [0.25, 0.3) is 0 Å². The third kappa shape index (κ3) is 2.91. The van der Waals surface area contributed by atoms with Gasteiger partial charge in [0.2, 0.25) is 0 Å². The zero-order chi connectivity index (χ0) is 12.3. The van der Waals surface area contributed by atoms with Crippen molar-refractivity contribution in [2.75, 3.05) is 6.61 Å². The third-order valence-electron chi connectivity index (χ3n) is 2.64. The number of halogens is 1. The molecule has 90 valence electrons. The van der Waals surface area contributed by atoms with Crippen LogP contribution in [0.4, 0.5) is 4.39 Å². The number of hydrogen-bond donors (Lipinski definition) is 2. The number of aliphatic hydroxyl groups is 1. The molecule has 0 saturated heterocycles. The smallest absolute Gasteiger partial charge is 0.123 e. The van der Waals surface area contributed by atoms with Gasteiger partial charge in [0.05, 0.1) is 12.3 Å². The summed E-state index contributed by atoms with van der Waals surface area (Å²) in [5.74, 6) is 0.544. The average Bonchev–Trinajstić information content (AvgIpc) is 2.60. The predicted octanol–water partition coefficient (Wildman–Crippen LogP) is 1.98. The molecule has 2 N–H and O–H groups in total. The molecule has 2 aromatic rings. The second-order valence-corrected chi connectivity index (χ2v) is 4.04. The SMILES string of the molecule is Cc1[nH]c(CCO)nc1Cc1cccc(F)c1. The van der Waals surface area contributed by atoms with Crippen LogP contribution in [0.5, 0.6) is 0 Å². The number of aryl methyl sites for hydroxylation is 1. The number of nitrogens with one attached hydrogen (secondary N) is 1. The van der Waals surface area contributed by atoms with E-state index in [9.17, 15) is 4.39 Å². The first-order chi connectivity index (χ1) is 8.19. The van der Waals surface area contributed by atoms with Crippen molar-refractivity contribution < 1.29 is 9.50 Å². The molecule has 0 unspecified atom stereocenters. The molecular weight excluding hydrogens is 219 g/mol. The van der Waals surface area contributed by atoms with Gasteiger partial charge in [0.1, 0.15) is 11.6 Å². The van der Waals surface area contributed by atoms with E-state index in [1.54, 1.807) is 6.07 Å². The quantitative estimate of drug-likeness (QED) is 0.849. The Morgan fingerprint density at radius 2 is 2.24 bits per heavy atom. The van der Waals surface area contributed by atoms with Crippen molar-refractivity contribution in [1.29, 1.82) is 0 Å². The molecule has 0 atom stereocenters. The fourth-order valence-electron chi connectivity index (χ4n) is 1.80.